The Hall–Kier alpha value is -3.46. The van der Waals surface area contributed by atoms with E-state index in [2.05, 4.69) is 68.2 Å². The van der Waals surface area contributed by atoms with Crippen LogP contribution < -0.4 is 0 Å². The van der Waals surface area contributed by atoms with Gasteiger partial charge in [-0.2, -0.15) is 12.6 Å². The maximum absolute atomic E-state index is 12.7. The van der Waals surface area contributed by atoms with Crippen molar-refractivity contribution in [2.75, 3.05) is 20.2 Å². The van der Waals surface area contributed by atoms with Crippen molar-refractivity contribution in [1.82, 2.24) is 4.90 Å². The number of halogens is 1. The Balaban J connectivity index is 1.73. The topological polar surface area (TPSA) is 90.0 Å². The van der Waals surface area contributed by atoms with Gasteiger partial charge in [0.15, 0.2) is 0 Å². The number of thiol groups is 1. The number of carbonyl (C=O) groups is 4. The molecule has 7 nitrogen and oxygen atoms in total. The van der Waals surface area contributed by atoms with Crippen LogP contribution >= 0.6 is 24.2 Å². The minimum absolute atomic E-state index is 0.180. The lowest BCUT2D eigenvalue weighted by molar-refractivity contribution is -0.156. The summed E-state index contributed by atoms with van der Waals surface area (Å²) in [6.45, 7) is 2.85. The van der Waals surface area contributed by atoms with Gasteiger partial charge in [-0.25, -0.2) is 9.59 Å². The van der Waals surface area contributed by atoms with Gasteiger partial charge in [-0.1, -0.05) is 97.5 Å². The molecule has 0 spiro atoms. The maximum atomic E-state index is 12.7. The first kappa shape index (κ1) is 38.7. The van der Waals surface area contributed by atoms with E-state index in [-0.39, 0.29) is 24.0 Å². The molecule has 1 saturated heterocycles. The zero-order valence-electron chi connectivity index (χ0n) is 26.8. The Labute approximate surface area is 284 Å². The lowest BCUT2D eigenvalue weighted by Gasteiger charge is -2.36. The van der Waals surface area contributed by atoms with Crippen molar-refractivity contribution in [3.05, 3.63) is 107 Å². The summed E-state index contributed by atoms with van der Waals surface area (Å²) in [5.41, 5.74) is 1.17. The number of methoxy groups -OCH3 is 1. The van der Waals surface area contributed by atoms with Gasteiger partial charge in [0.25, 0.3) is 0 Å². The molecule has 1 aliphatic heterocycles. The highest BCUT2D eigenvalue weighted by Crippen LogP contribution is 2.33. The number of Topliss-reactive ketones (excluding diaryl/α,β-unsaturated/α-hetero) is 1. The van der Waals surface area contributed by atoms with E-state index >= 15 is 0 Å². The number of carbonyl (C=O) groups excluding carboxylic acids is 4. The zero-order valence-corrected chi connectivity index (χ0v) is 28.5. The molecule has 9 heteroatoms. The molecular formula is C37H46ClNO6S. The Morgan fingerprint density at radius 2 is 1.52 bits per heavy atom. The van der Waals surface area contributed by atoms with Crippen LogP contribution in [0, 0.1) is 0 Å². The SMILES string of the molecule is CC/C=C\C/C=C\C/C=C\C/C=C\C/C=C\CCC(=O)CC(=O)OC(=O)/C=C1/CN(C(C(=O)OC)c2ccccc2Cl)CCC1S. The number of allylic oxidation sites excluding steroid dienone is 10. The van der Waals surface area contributed by atoms with Gasteiger partial charge >= 0.3 is 17.9 Å². The number of likely N-dealkylation sites (tertiary alicyclic amines) is 1. The fourth-order valence-corrected chi connectivity index (χ4v) is 5.24. The second-order valence-electron chi connectivity index (χ2n) is 10.7. The van der Waals surface area contributed by atoms with E-state index in [0.29, 0.717) is 35.5 Å². The Morgan fingerprint density at radius 1 is 0.935 bits per heavy atom. The molecular weight excluding hydrogens is 622 g/mol. The summed E-state index contributed by atoms with van der Waals surface area (Å²) in [5, 5.41) is 0.154. The van der Waals surface area contributed by atoms with Gasteiger partial charge in [0.05, 0.1) is 7.11 Å². The molecule has 0 amide bonds. The number of benzene rings is 1. The van der Waals surface area contributed by atoms with Crippen molar-refractivity contribution < 1.29 is 28.7 Å². The molecule has 248 valence electrons. The minimum Gasteiger partial charge on any atom is -0.468 e. The number of esters is 3. The third-order valence-electron chi connectivity index (χ3n) is 7.10. The molecule has 1 aromatic carbocycles. The number of ether oxygens (including phenoxy) is 2. The van der Waals surface area contributed by atoms with E-state index in [1.165, 1.54) is 13.2 Å². The van der Waals surface area contributed by atoms with Crippen LogP contribution in [0.3, 0.4) is 0 Å². The first-order valence-electron chi connectivity index (χ1n) is 15.7. The maximum Gasteiger partial charge on any atom is 0.338 e. The minimum atomic E-state index is -0.900. The van der Waals surface area contributed by atoms with Gasteiger partial charge in [0.2, 0.25) is 0 Å². The molecule has 0 saturated carbocycles. The van der Waals surface area contributed by atoms with E-state index < -0.39 is 30.4 Å². The molecule has 46 heavy (non-hydrogen) atoms. The highest BCUT2D eigenvalue weighted by Gasteiger charge is 2.34. The highest BCUT2D eigenvalue weighted by atomic mass is 35.5. The second-order valence-corrected chi connectivity index (χ2v) is 11.7. The average molecular weight is 668 g/mol. The number of ketones is 1. The molecule has 1 heterocycles. The van der Waals surface area contributed by atoms with Crippen LogP contribution in [0.15, 0.2) is 96.7 Å². The van der Waals surface area contributed by atoms with Crippen LogP contribution in [-0.2, 0) is 28.7 Å². The summed E-state index contributed by atoms with van der Waals surface area (Å²) in [6, 6.07) is 6.23. The summed E-state index contributed by atoms with van der Waals surface area (Å²) in [7, 11) is 1.31. The zero-order chi connectivity index (χ0) is 33.6. The van der Waals surface area contributed by atoms with Crippen molar-refractivity contribution in [2.24, 2.45) is 0 Å². The first-order valence-corrected chi connectivity index (χ1v) is 16.6. The van der Waals surface area contributed by atoms with E-state index in [0.717, 1.165) is 32.1 Å². The van der Waals surface area contributed by atoms with Crippen molar-refractivity contribution in [3.63, 3.8) is 0 Å². The van der Waals surface area contributed by atoms with Crippen molar-refractivity contribution in [2.45, 2.75) is 76.0 Å². The predicted molar refractivity (Wildman–Crippen MR) is 188 cm³/mol. The summed E-state index contributed by atoms with van der Waals surface area (Å²) >= 11 is 10.9. The van der Waals surface area contributed by atoms with Crippen molar-refractivity contribution >= 4 is 47.9 Å². The number of hydrogen-bond donors (Lipinski definition) is 1. The third-order valence-corrected chi connectivity index (χ3v) is 8.03. The smallest absolute Gasteiger partial charge is 0.338 e. The van der Waals surface area contributed by atoms with E-state index in [4.69, 9.17) is 21.1 Å². The van der Waals surface area contributed by atoms with Gasteiger partial charge in [-0.3, -0.25) is 14.5 Å². The fourth-order valence-electron chi connectivity index (χ4n) is 4.73. The highest BCUT2D eigenvalue weighted by molar-refractivity contribution is 7.81. The molecule has 2 atom stereocenters. The Bertz CT molecular complexity index is 1330. The van der Waals surface area contributed by atoms with Gasteiger partial charge in [0.1, 0.15) is 18.2 Å². The fraction of sp³-hybridized carbons (Fsp3) is 0.405. The van der Waals surface area contributed by atoms with E-state index in [9.17, 15) is 19.2 Å². The van der Waals surface area contributed by atoms with Crippen molar-refractivity contribution in [1.29, 1.82) is 0 Å². The summed E-state index contributed by atoms with van der Waals surface area (Å²) < 4.78 is 9.93. The molecule has 1 fully saturated rings. The van der Waals surface area contributed by atoms with Crippen LogP contribution in [0.1, 0.15) is 76.3 Å². The molecule has 1 aromatic rings. The molecule has 2 unspecified atom stereocenters. The van der Waals surface area contributed by atoms with Crippen LogP contribution in [0.4, 0.5) is 0 Å². The normalized spacial score (nSPS) is 17.6. The molecule has 0 aliphatic carbocycles. The van der Waals surface area contributed by atoms with Crippen LogP contribution in [-0.4, -0.2) is 54.0 Å². The second kappa shape index (κ2) is 23.0. The van der Waals surface area contributed by atoms with Crippen LogP contribution in [0.2, 0.25) is 5.02 Å². The quantitative estimate of drug-likeness (QED) is 0.0557. The number of nitrogens with zero attached hydrogens (tertiary/aromatic N) is 1. The molecule has 0 bridgehead atoms. The summed E-state index contributed by atoms with van der Waals surface area (Å²) in [5.74, 6) is -2.56. The predicted octanol–water partition coefficient (Wildman–Crippen LogP) is 8.05. The number of rotatable bonds is 18. The van der Waals surface area contributed by atoms with Gasteiger partial charge in [0, 0.05) is 35.9 Å². The molecule has 0 aromatic heterocycles. The van der Waals surface area contributed by atoms with Crippen LogP contribution in [0.25, 0.3) is 0 Å². The molecule has 0 N–H and O–H groups in total. The summed E-state index contributed by atoms with van der Waals surface area (Å²) in [4.78, 5) is 51.6. The Morgan fingerprint density at radius 3 is 2.11 bits per heavy atom. The van der Waals surface area contributed by atoms with E-state index in [1.807, 2.05) is 17.1 Å². The van der Waals surface area contributed by atoms with Gasteiger partial charge in [-0.05, 0) is 62.1 Å². The van der Waals surface area contributed by atoms with Crippen molar-refractivity contribution in [3.8, 4) is 0 Å². The number of piperidine rings is 1. The van der Waals surface area contributed by atoms with Gasteiger partial charge < -0.3 is 9.47 Å². The largest absolute Gasteiger partial charge is 0.468 e. The van der Waals surface area contributed by atoms with Crippen LogP contribution in [0.5, 0.6) is 0 Å². The summed E-state index contributed by atoms with van der Waals surface area (Å²) in [6.07, 6.45) is 27.6. The standard InChI is InChI=1S/C37H46ClNO6S/c1-3-4-5-6-7-8-9-10-11-12-13-14-15-16-17-18-21-30(40)27-35(42)45-34(41)26-29-28-39(25-24-33(29)46)36(37(43)44-2)31-22-19-20-23-32(31)38/h4-5,7-8,10-11,13-14,16-17,19-20,22-23,26,33,36,46H,3,6,9,12,15,18,21,24-25,27-28H2,1-2H3/b5-4-,8-7-,11-10-,14-13-,17-16-,29-26-. The molecule has 2 rings (SSSR count). The monoisotopic (exact) mass is 667 g/mol. The number of hydrogen-bond acceptors (Lipinski definition) is 8. The lowest BCUT2D eigenvalue weighted by atomic mass is 9.98. The third kappa shape index (κ3) is 15.2. The lowest BCUT2D eigenvalue weighted by Crippen LogP contribution is -2.42. The average Bonchev–Trinajstić information content (AvgIpc) is 3.03. The Kier molecular flexibility index (Phi) is 19.3. The van der Waals surface area contributed by atoms with Gasteiger partial charge in [-0.15, -0.1) is 0 Å². The molecule has 1 aliphatic rings. The van der Waals surface area contributed by atoms with E-state index in [1.54, 1.807) is 24.3 Å². The molecule has 0 radical (unpaired) electrons. The first-order chi connectivity index (χ1) is 22.3.